The van der Waals surface area contributed by atoms with Gasteiger partial charge in [0.05, 0.1) is 18.3 Å². The Balaban J connectivity index is 1.91. The van der Waals surface area contributed by atoms with Crippen LogP contribution in [0, 0.1) is 0 Å². The molecule has 1 aliphatic heterocycles. The van der Waals surface area contributed by atoms with E-state index < -0.39 is 0 Å². The van der Waals surface area contributed by atoms with E-state index in [2.05, 4.69) is 0 Å². The van der Waals surface area contributed by atoms with Crippen molar-refractivity contribution in [2.75, 3.05) is 6.61 Å². The molecule has 0 bridgehead atoms. The highest BCUT2D eigenvalue weighted by Gasteiger charge is 2.47. The summed E-state index contributed by atoms with van der Waals surface area (Å²) in [6.45, 7) is 0.210. The van der Waals surface area contributed by atoms with E-state index in [0.29, 0.717) is 0 Å². The summed E-state index contributed by atoms with van der Waals surface area (Å²) in [6.07, 6.45) is 6.12. The maximum Gasteiger partial charge on any atom is 0.0813 e. The van der Waals surface area contributed by atoms with E-state index in [1.54, 1.807) is 0 Å². The van der Waals surface area contributed by atoms with Crippen LogP contribution in [0.15, 0.2) is 0 Å². The van der Waals surface area contributed by atoms with Crippen molar-refractivity contribution < 1.29 is 9.84 Å². The average Bonchev–Trinajstić information content (AvgIpc) is 2.70. The Morgan fingerprint density at radius 1 is 1.40 bits per heavy atom. The van der Waals surface area contributed by atoms with E-state index in [-0.39, 0.29) is 18.3 Å². The highest BCUT2D eigenvalue weighted by Crippen LogP contribution is 2.47. The van der Waals surface area contributed by atoms with Crippen LogP contribution >= 0.6 is 0 Å². The van der Waals surface area contributed by atoms with Gasteiger partial charge in [-0.15, -0.1) is 0 Å². The molecule has 0 aromatic heterocycles. The van der Waals surface area contributed by atoms with Crippen LogP contribution in [0.2, 0.25) is 0 Å². The number of aliphatic hydroxyl groups excluding tert-OH is 1. The zero-order chi connectivity index (χ0) is 7.03. The van der Waals surface area contributed by atoms with E-state index >= 15 is 0 Å². The standard InChI is InChI=1S/C8H14O2/c9-6-7-2-1-3-8(10-7)4-5-8/h7,9H,1-6H2. The quantitative estimate of drug-likeness (QED) is 0.593. The summed E-state index contributed by atoms with van der Waals surface area (Å²) in [6, 6.07) is 0. The Labute approximate surface area is 61.2 Å². The first-order valence-corrected chi connectivity index (χ1v) is 4.13. The Kier molecular flexibility index (Phi) is 1.46. The van der Waals surface area contributed by atoms with Crippen molar-refractivity contribution in [3.63, 3.8) is 0 Å². The highest BCUT2D eigenvalue weighted by molar-refractivity contribution is 4.98. The van der Waals surface area contributed by atoms with E-state index in [1.165, 1.54) is 25.7 Å². The molecule has 2 fully saturated rings. The molecule has 0 amide bonds. The summed E-state index contributed by atoms with van der Waals surface area (Å²) in [5.74, 6) is 0. The van der Waals surface area contributed by atoms with Crippen LogP contribution in [-0.2, 0) is 4.74 Å². The summed E-state index contributed by atoms with van der Waals surface area (Å²) in [5.41, 5.74) is 0.242. The van der Waals surface area contributed by atoms with Crippen molar-refractivity contribution in [1.82, 2.24) is 0 Å². The van der Waals surface area contributed by atoms with Crippen LogP contribution in [0.1, 0.15) is 32.1 Å². The molecule has 2 aliphatic rings. The maximum atomic E-state index is 8.83. The Hall–Kier alpha value is -0.0800. The monoisotopic (exact) mass is 142 g/mol. The van der Waals surface area contributed by atoms with Gasteiger partial charge in [0, 0.05) is 0 Å². The van der Waals surface area contributed by atoms with Gasteiger partial charge in [-0.05, 0) is 32.1 Å². The molecule has 0 aromatic rings. The molecule has 1 saturated carbocycles. The first-order valence-electron chi connectivity index (χ1n) is 4.13. The second-order valence-electron chi connectivity index (χ2n) is 3.50. The van der Waals surface area contributed by atoms with Crippen LogP contribution in [0.5, 0.6) is 0 Å². The predicted molar refractivity (Wildman–Crippen MR) is 37.8 cm³/mol. The zero-order valence-electron chi connectivity index (χ0n) is 6.18. The molecule has 10 heavy (non-hydrogen) atoms. The van der Waals surface area contributed by atoms with Gasteiger partial charge in [0.15, 0.2) is 0 Å². The van der Waals surface area contributed by atoms with E-state index in [1.807, 2.05) is 0 Å². The molecular weight excluding hydrogens is 128 g/mol. The smallest absolute Gasteiger partial charge is 0.0813 e. The third-order valence-corrected chi connectivity index (χ3v) is 2.59. The minimum Gasteiger partial charge on any atom is -0.394 e. The molecule has 0 radical (unpaired) electrons. The van der Waals surface area contributed by atoms with Gasteiger partial charge < -0.3 is 9.84 Å². The fourth-order valence-corrected chi connectivity index (χ4v) is 1.76. The highest BCUT2D eigenvalue weighted by atomic mass is 16.5. The third-order valence-electron chi connectivity index (χ3n) is 2.59. The third kappa shape index (κ3) is 1.06. The molecule has 58 valence electrons. The van der Waals surface area contributed by atoms with Crippen molar-refractivity contribution in [2.24, 2.45) is 0 Å². The van der Waals surface area contributed by atoms with Gasteiger partial charge in [0.2, 0.25) is 0 Å². The van der Waals surface area contributed by atoms with Crippen LogP contribution in [0.3, 0.4) is 0 Å². The number of aliphatic hydroxyl groups is 1. The minimum atomic E-state index is 0.149. The molecule has 1 saturated heterocycles. The molecule has 1 unspecified atom stereocenters. The molecule has 1 heterocycles. The van der Waals surface area contributed by atoms with Crippen molar-refractivity contribution in [1.29, 1.82) is 0 Å². The molecular formula is C8H14O2. The van der Waals surface area contributed by atoms with Gasteiger partial charge in [-0.3, -0.25) is 0 Å². The molecule has 1 atom stereocenters. The maximum absolute atomic E-state index is 8.83. The normalized spacial score (nSPS) is 36.3. The minimum absolute atomic E-state index is 0.149. The van der Waals surface area contributed by atoms with Gasteiger partial charge in [-0.2, -0.15) is 0 Å². The molecule has 2 heteroatoms. The van der Waals surface area contributed by atoms with E-state index in [4.69, 9.17) is 9.84 Å². The Bertz CT molecular complexity index is 129. The molecule has 1 spiro atoms. The summed E-state index contributed by atoms with van der Waals surface area (Å²) in [7, 11) is 0. The summed E-state index contributed by atoms with van der Waals surface area (Å²) >= 11 is 0. The van der Waals surface area contributed by atoms with Gasteiger partial charge >= 0.3 is 0 Å². The lowest BCUT2D eigenvalue weighted by molar-refractivity contribution is -0.0872. The van der Waals surface area contributed by atoms with Crippen LogP contribution in [-0.4, -0.2) is 23.4 Å². The fourth-order valence-electron chi connectivity index (χ4n) is 1.76. The lowest BCUT2D eigenvalue weighted by Crippen LogP contribution is -2.31. The number of ether oxygens (including phenoxy) is 1. The topological polar surface area (TPSA) is 29.5 Å². The summed E-state index contributed by atoms with van der Waals surface area (Å²) < 4.78 is 5.68. The predicted octanol–water partition coefficient (Wildman–Crippen LogP) is 1.08. The largest absolute Gasteiger partial charge is 0.394 e. The van der Waals surface area contributed by atoms with Crippen molar-refractivity contribution in [3.05, 3.63) is 0 Å². The molecule has 1 N–H and O–H groups in total. The lowest BCUT2D eigenvalue weighted by Gasteiger charge is -2.28. The Morgan fingerprint density at radius 2 is 2.20 bits per heavy atom. The number of hydrogen-bond donors (Lipinski definition) is 1. The second-order valence-corrected chi connectivity index (χ2v) is 3.50. The molecule has 1 aliphatic carbocycles. The zero-order valence-corrected chi connectivity index (χ0v) is 6.18. The van der Waals surface area contributed by atoms with Gasteiger partial charge in [0.1, 0.15) is 0 Å². The summed E-state index contributed by atoms with van der Waals surface area (Å²) in [4.78, 5) is 0. The fraction of sp³-hybridized carbons (Fsp3) is 1.00. The molecule has 2 rings (SSSR count). The molecule has 2 nitrogen and oxygen atoms in total. The summed E-state index contributed by atoms with van der Waals surface area (Å²) in [5, 5.41) is 8.83. The first kappa shape index (κ1) is 6.62. The SMILES string of the molecule is OCC1CCCC2(CC2)O1. The van der Waals surface area contributed by atoms with Crippen LogP contribution < -0.4 is 0 Å². The van der Waals surface area contributed by atoms with Crippen molar-refractivity contribution in [3.8, 4) is 0 Å². The van der Waals surface area contributed by atoms with Crippen molar-refractivity contribution in [2.45, 2.75) is 43.8 Å². The number of hydrogen-bond acceptors (Lipinski definition) is 2. The second kappa shape index (κ2) is 2.21. The Morgan fingerprint density at radius 3 is 2.80 bits per heavy atom. The van der Waals surface area contributed by atoms with Gasteiger partial charge in [-0.1, -0.05) is 0 Å². The van der Waals surface area contributed by atoms with Gasteiger partial charge in [-0.25, -0.2) is 0 Å². The van der Waals surface area contributed by atoms with Crippen LogP contribution in [0.25, 0.3) is 0 Å². The van der Waals surface area contributed by atoms with E-state index in [0.717, 1.165) is 6.42 Å². The molecule has 0 aromatic carbocycles. The van der Waals surface area contributed by atoms with E-state index in [9.17, 15) is 0 Å². The first-order chi connectivity index (χ1) is 4.85. The number of rotatable bonds is 1. The lowest BCUT2D eigenvalue weighted by atomic mass is 10.0. The van der Waals surface area contributed by atoms with Gasteiger partial charge in [0.25, 0.3) is 0 Å². The average molecular weight is 142 g/mol. The van der Waals surface area contributed by atoms with Crippen LogP contribution in [0.4, 0.5) is 0 Å². The van der Waals surface area contributed by atoms with Crippen molar-refractivity contribution >= 4 is 0 Å².